The van der Waals surface area contributed by atoms with Crippen molar-refractivity contribution in [2.75, 3.05) is 54.2 Å². The largest absolute Gasteiger partial charge is 0.461 e. The number of halogens is 1. The summed E-state index contributed by atoms with van der Waals surface area (Å²) in [4.78, 5) is 85.7. The molecular weight excluding hydrogens is 1020 g/mol. The molecule has 19 nitrogen and oxygen atoms in total. The highest BCUT2D eigenvalue weighted by Crippen LogP contribution is 2.31. The lowest BCUT2D eigenvalue weighted by Crippen LogP contribution is -2.40. The first kappa shape index (κ1) is 63.6. The Kier molecular flexibility index (Phi) is 25.3. The van der Waals surface area contributed by atoms with Gasteiger partial charge in [0, 0.05) is 46.0 Å². The number of anilines is 3. The molecule has 3 aromatic rings. The van der Waals surface area contributed by atoms with Crippen molar-refractivity contribution >= 4 is 80.3 Å². The first-order chi connectivity index (χ1) is 34.4. The molecule has 3 amide bonds. The number of carbonyl (C=O) groups is 6. The lowest BCUT2D eigenvalue weighted by atomic mass is 10.1. The molecule has 3 aliphatic rings. The predicted molar refractivity (Wildman–Crippen MR) is 288 cm³/mol. The van der Waals surface area contributed by atoms with E-state index < -0.39 is 28.7 Å². The second kappa shape index (κ2) is 29.4. The number of aromatic nitrogens is 3. The maximum absolute atomic E-state index is 12.4. The molecule has 6 heterocycles. The second-order valence-electron chi connectivity index (χ2n) is 19.8. The van der Waals surface area contributed by atoms with Gasteiger partial charge in [0.05, 0.1) is 58.7 Å². The van der Waals surface area contributed by atoms with Gasteiger partial charge in [-0.3, -0.25) is 39.1 Å². The summed E-state index contributed by atoms with van der Waals surface area (Å²) in [6.45, 7) is 33.3. The van der Waals surface area contributed by atoms with Crippen LogP contribution in [-0.4, -0.2) is 118 Å². The molecule has 0 bridgehead atoms. The van der Waals surface area contributed by atoms with E-state index in [1.807, 2.05) is 86.6 Å². The normalized spacial score (nSPS) is 13.4. The summed E-state index contributed by atoms with van der Waals surface area (Å²) in [5.41, 5.74) is 6.03. The highest BCUT2D eigenvalue weighted by molar-refractivity contribution is 9.10. The number of aliphatic hydroxyl groups is 2. The van der Waals surface area contributed by atoms with Gasteiger partial charge in [0.15, 0.2) is 0 Å². The average Bonchev–Trinajstić information content (AvgIpc) is 3.30. The fourth-order valence-corrected chi connectivity index (χ4v) is 7.13. The van der Waals surface area contributed by atoms with Crippen molar-refractivity contribution in [2.24, 2.45) is 0 Å². The van der Waals surface area contributed by atoms with E-state index in [0.717, 1.165) is 77.3 Å². The van der Waals surface area contributed by atoms with Gasteiger partial charge in [-0.25, -0.2) is 19.4 Å². The smallest absolute Gasteiger partial charge is 0.414 e. The van der Waals surface area contributed by atoms with Crippen LogP contribution in [0.5, 0.6) is 0 Å². The summed E-state index contributed by atoms with van der Waals surface area (Å²) in [6.07, 6.45) is 5.48. The minimum absolute atomic E-state index is 0.0833. The summed E-state index contributed by atoms with van der Waals surface area (Å²) in [7, 11) is 0. The molecular formula is C54H75BrN6O13. The third kappa shape index (κ3) is 22.7. The lowest BCUT2D eigenvalue weighted by molar-refractivity contribution is -0.156. The summed E-state index contributed by atoms with van der Waals surface area (Å²) < 4.78 is 26.0. The number of fused-ring (bicyclic) bond motifs is 3. The zero-order valence-corrected chi connectivity index (χ0v) is 46.7. The molecule has 6 rings (SSSR count). The third-order valence-electron chi connectivity index (χ3n) is 9.70. The van der Waals surface area contributed by atoms with Crippen LogP contribution < -0.4 is 14.7 Å². The summed E-state index contributed by atoms with van der Waals surface area (Å²) in [5.74, 6) is -1.48. The van der Waals surface area contributed by atoms with Gasteiger partial charge in [-0.2, -0.15) is 0 Å². The number of rotatable bonds is 6. The van der Waals surface area contributed by atoms with Crippen LogP contribution in [-0.2, 0) is 57.3 Å². The van der Waals surface area contributed by atoms with Crippen molar-refractivity contribution < 1.29 is 62.7 Å². The van der Waals surface area contributed by atoms with Crippen molar-refractivity contribution in [1.82, 2.24) is 15.0 Å². The van der Waals surface area contributed by atoms with Crippen LogP contribution >= 0.6 is 15.9 Å². The summed E-state index contributed by atoms with van der Waals surface area (Å²) >= 11 is 3.35. The molecule has 74 heavy (non-hydrogen) atoms. The number of aliphatic hydroxyl groups excluding tert-OH is 2. The highest BCUT2D eigenvalue weighted by atomic mass is 79.9. The van der Waals surface area contributed by atoms with E-state index in [-0.39, 0.29) is 44.1 Å². The number of hydrogen-bond donors (Lipinski definition) is 2. The number of esters is 3. The van der Waals surface area contributed by atoms with Crippen LogP contribution in [0.1, 0.15) is 131 Å². The maximum Gasteiger partial charge on any atom is 0.414 e. The number of hydrogen-bond acceptors (Lipinski definition) is 16. The Balaban J connectivity index is 0.000000347. The SMILES string of the molecule is C=C(CO)c1ccc2c(n1)CCCN2C(=O)OC(C)(C)C.C=C(COC(C)=O)c1ccc2c(n1)CCCN2C(=O)OC(C)(C)C.C=CCO.CC(=O)OC(C)=O.CC(C)(C)OC(=O)N1CCCc2nc(Br)ccc21. The van der Waals surface area contributed by atoms with E-state index in [2.05, 4.69) is 55.4 Å². The Morgan fingerprint density at radius 1 is 0.581 bits per heavy atom. The second-order valence-corrected chi connectivity index (χ2v) is 20.6. The van der Waals surface area contributed by atoms with Crippen LogP contribution in [0.15, 0.2) is 66.8 Å². The number of pyridine rings is 3. The Bertz CT molecular complexity index is 2460. The van der Waals surface area contributed by atoms with Crippen molar-refractivity contribution in [3.8, 4) is 0 Å². The summed E-state index contributed by atoms with van der Waals surface area (Å²) in [5, 5.41) is 16.9. The standard InChI is InChI=1S/C18H24N2O4.C16H22N2O3.C13H17BrN2O2.C4H6O3.C3H6O/c1-12(11-23-13(2)21)14-8-9-16-15(19-14)7-6-10-20(16)17(22)24-18(3,4)5;1-11(10-19)12-7-8-14-13(17-12)6-5-9-18(14)15(20)21-16(2,3)4;1-13(2,3)18-12(17)16-8-4-5-9-10(16)6-7-11(14)15-9;1-3(5)7-4(2)6;1-2-3-4/h8-9H,1,6-7,10-11H2,2-5H3;7-8,19H,1,5-6,9-10H2,2-4H3;6-7H,4-5,8H2,1-3H3;1-2H3;2,4H,1,3H2. The molecule has 20 heteroatoms. The van der Waals surface area contributed by atoms with Crippen molar-refractivity contribution in [3.05, 3.63) is 95.3 Å². The molecule has 2 N–H and O–H groups in total. The van der Waals surface area contributed by atoms with E-state index in [1.54, 1.807) is 26.8 Å². The molecule has 406 valence electrons. The van der Waals surface area contributed by atoms with Gasteiger partial charge in [0.1, 0.15) is 28.0 Å². The molecule has 0 aromatic carbocycles. The zero-order chi connectivity index (χ0) is 56.1. The minimum atomic E-state index is -0.562. The molecule has 3 aliphatic heterocycles. The zero-order valence-electron chi connectivity index (χ0n) is 45.1. The van der Waals surface area contributed by atoms with Crippen LogP contribution in [0.25, 0.3) is 11.1 Å². The van der Waals surface area contributed by atoms with Gasteiger partial charge in [-0.05, 0) is 159 Å². The Labute approximate surface area is 444 Å². The van der Waals surface area contributed by atoms with Gasteiger partial charge in [0.2, 0.25) is 0 Å². The van der Waals surface area contributed by atoms with Gasteiger partial charge < -0.3 is 33.9 Å². The quantitative estimate of drug-likeness (QED) is 0.0768. The van der Waals surface area contributed by atoms with Crippen LogP contribution in [0.4, 0.5) is 31.4 Å². The Morgan fingerprint density at radius 2 is 0.919 bits per heavy atom. The molecule has 0 saturated heterocycles. The molecule has 0 unspecified atom stereocenters. The van der Waals surface area contributed by atoms with E-state index >= 15 is 0 Å². The molecule has 0 radical (unpaired) electrons. The molecule has 0 spiro atoms. The number of ether oxygens (including phenoxy) is 5. The number of amides is 3. The van der Waals surface area contributed by atoms with Crippen LogP contribution in [0.3, 0.4) is 0 Å². The molecule has 0 aliphatic carbocycles. The van der Waals surface area contributed by atoms with Gasteiger partial charge in [0.25, 0.3) is 0 Å². The first-order valence-electron chi connectivity index (χ1n) is 24.1. The number of nitrogens with zero attached hydrogens (tertiary/aromatic N) is 6. The Hall–Kier alpha value is -6.51. The van der Waals surface area contributed by atoms with Crippen molar-refractivity contribution in [2.45, 2.75) is 138 Å². The fourth-order valence-electron chi connectivity index (χ4n) is 6.78. The number of carbonyl (C=O) groups excluding carboxylic acids is 6. The van der Waals surface area contributed by atoms with Gasteiger partial charge in [-0.1, -0.05) is 19.2 Å². The minimum Gasteiger partial charge on any atom is -0.461 e. The predicted octanol–water partition coefficient (Wildman–Crippen LogP) is 9.91. The van der Waals surface area contributed by atoms with E-state index in [4.69, 9.17) is 29.2 Å². The van der Waals surface area contributed by atoms with E-state index in [9.17, 15) is 28.8 Å². The van der Waals surface area contributed by atoms with E-state index in [0.29, 0.717) is 42.2 Å². The van der Waals surface area contributed by atoms with Gasteiger partial charge in [-0.15, -0.1) is 6.58 Å². The van der Waals surface area contributed by atoms with Crippen molar-refractivity contribution in [3.63, 3.8) is 0 Å². The molecule has 0 fully saturated rings. The topological polar surface area (TPSA) is 237 Å². The average molecular weight is 1100 g/mol. The molecule has 0 saturated carbocycles. The number of aryl methyl sites for hydroxylation is 3. The van der Waals surface area contributed by atoms with Gasteiger partial charge >= 0.3 is 36.2 Å². The maximum atomic E-state index is 12.4. The monoisotopic (exact) mass is 1090 g/mol. The highest BCUT2D eigenvalue weighted by Gasteiger charge is 2.31. The van der Waals surface area contributed by atoms with E-state index in [1.165, 1.54) is 26.8 Å². The fraction of sp³-hybridized carbons (Fsp3) is 0.500. The Morgan fingerprint density at radius 3 is 1.22 bits per heavy atom. The molecule has 3 aromatic heterocycles. The van der Waals surface area contributed by atoms with Crippen LogP contribution in [0.2, 0.25) is 0 Å². The first-order valence-corrected chi connectivity index (χ1v) is 24.9. The summed E-state index contributed by atoms with van der Waals surface area (Å²) in [6, 6.07) is 11.0. The van der Waals surface area contributed by atoms with Crippen molar-refractivity contribution in [1.29, 1.82) is 0 Å². The molecule has 0 atom stereocenters. The lowest BCUT2D eigenvalue weighted by Gasteiger charge is -2.31. The third-order valence-corrected chi connectivity index (χ3v) is 10.1. The van der Waals surface area contributed by atoms with Crippen LogP contribution in [0, 0.1) is 0 Å².